The fraction of sp³-hybridized carbons (Fsp3) is 0.214. The molecule has 5 aromatic rings. The molecule has 2 aromatic heterocycles. The van der Waals surface area contributed by atoms with Crippen LogP contribution >= 0.6 is 31.9 Å². The first-order chi connectivity index (χ1) is 18.0. The molecule has 37 heavy (non-hydrogen) atoms. The summed E-state index contributed by atoms with van der Waals surface area (Å²) < 4.78 is 11.2. The molecule has 188 valence electrons. The first kappa shape index (κ1) is 25.4. The van der Waals surface area contributed by atoms with Gasteiger partial charge in [-0.15, -0.1) is 10.2 Å². The Morgan fingerprint density at radius 1 is 0.730 bits per heavy atom. The van der Waals surface area contributed by atoms with Crippen LogP contribution in [0.4, 0.5) is 0 Å². The normalized spacial score (nSPS) is 11.1. The number of aryl methyl sites for hydroxylation is 5. The third-order valence-corrected chi connectivity index (χ3v) is 7.72. The molecule has 0 saturated carbocycles. The number of hydrogen-bond acceptors (Lipinski definition) is 5. The zero-order valence-corrected chi connectivity index (χ0v) is 23.8. The van der Waals surface area contributed by atoms with Crippen molar-refractivity contribution in [1.82, 2.24) is 30.0 Å². The summed E-state index contributed by atoms with van der Waals surface area (Å²) in [6.45, 7) is 3.59. The third-order valence-electron chi connectivity index (χ3n) is 6.24. The lowest BCUT2D eigenvalue weighted by Crippen LogP contribution is -2.02. The number of nitrogens with zero attached hydrogens (tertiary/aromatic N) is 6. The van der Waals surface area contributed by atoms with Crippen molar-refractivity contribution in [3.05, 3.63) is 98.7 Å². The van der Waals surface area contributed by atoms with Crippen LogP contribution < -0.4 is 4.74 Å². The molecule has 0 radical (unpaired) electrons. The maximum atomic E-state index is 5.31. The lowest BCUT2D eigenvalue weighted by Gasteiger charge is -2.06. The lowest BCUT2D eigenvalue weighted by atomic mass is 10.1. The molecule has 0 aliphatic carbocycles. The van der Waals surface area contributed by atoms with Crippen molar-refractivity contribution in [2.45, 2.75) is 32.9 Å². The molecular formula is C28H26Br2N6O. The van der Waals surface area contributed by atoms with Crippen molar-refractivity contribution >= 4 is 31.9 Å². The first-order valence-electron chi connectivity index (χ1n) is 12.0. The topological polar surface area (TPSA) is 70.7 Å². The highest BCUT2D eigenvalue weighted by molar-refractivity contribution is 9.10. The Bertz CT molecular complexity index is 1530. The summed E-state index contributed by atoms with van der Waals surface area (Å²) >= 11 is 7.16. The van der Waals surface area contributed by atoms with Gasteiger partial charge in [0.15, 0.2) is 0 Å². The quantitative estimate of drug-likeness (QED) is 0.187. The fourth-order valence-electron chi connectivity index (χ4n) is 4.06. The van der Waals surface area contributed by atoms with Crippen LogP contribution in [-0.4, -0.2) is 37.1 Å². The molecule has 5 rings (SSSR count). The number of halogens is 2. The molecule has 0 aliphatic rings. The highest BCUT2D eigenvalue weighted by Gasteiger charge is 2.10. The monoisotopic (exact) mass is 620 g/mol. The van der Waals surface area contributed by atoms with Gasteiger partial charge in [0.25, 0.3) is 0 Å². The van der Waals surface area contributed by atoms with Crippen LogP contribution in [0.15, 0.2) is 82.0 Å². The Hall–Kier alpha value is -3.30. The molecule has 0 spiro atoms. The van der Waals surface area contributed by atoms with Gasteiger partial charge < -0.3 is 4.74 Å². The summed E-state index contributed by atoms with van der Waals surface area (Å²) in [5.74, 6) is 0.825. The van der Waals surface area contributed by atoms with Crippen LogP contribution in [0.1, 0.15) is 16.7 Å². The SMILES string of the molecule is COc1ccc(CCn2cc(-c3cccc(-c4cn(CCc5ccc(C)c(Br)c5)nn4)c3)nn2)cc1Br. The summed E-state index contributed by atoms with van der Waals surface area (Å²) in [6, 6.07) is 20.7. The molecule has 0 fully saturated rings. The maximum Gasteiger partial charge on any atom is 0.133 e. The second kappa shape index (κ2) is 11.4. The van der Waals surface area contributed by atoms with Crippen molar-refractivity contribution in [2.24, 2.45) is 0 Å². The summed E-state index contributed by atoms with van der Waals surface area (Å²) in [5, 5.41) is 17.5. The number of methoxy groups -OCH3 is 1. The van der Waals surface area contributed by atoms with Gasteiger partial charge in [0, 0.05) is 28.7 Å². The van der Waals surface area contributed by atoms with E-state index in [9.17, 15) is 0 Å². The molecule has 0 N–H and O–H groups in total. The molecule has 9 heteroatoms. The van der Waals surface area contributed by atoms with Crippen molar-refractivity contribution in [2.75, 3.05) is 7.11 Å². The van der Waals surface area contributed by atoms with Crippen LogP contribution in [0.25, 0.3) is 22.5 Å². The zero-order chi connectivity index (χ0) is 25.8. The lowest BCUT2D eigenvalue weighted by molar-refractivity contribution is 0.412. The summed E-state index contributed by atoms with van der Waals surface area (Å²) in [5.41, 5.74) is 7.36. The molecule has 0 saturated heterocycles. The Morgan fingerprint density at radius 2 is 1.30 bits per heavy atom. The van der Waals surface area contributed by atoms with E-state index in [0.29, 0.717) is 0 Å². The standard InChI is InChI=1S/C28H26Br2N6O/c1-19-6-7-20(14-24(19)29)10-12-35-17-26(31-33-35)22-4-3-5-23(16-22)27-18-36(34-32-27)13-11-21-8-9-28(37-2)25(30)15-21/h3-9,14-18H,10-13H2,1-2H3. The Morgan fingerprint density at radius 3 is 1.84 bits per heavy atom. The molecule has 3 aromatic carbocycles. The van der Waals surface area contributed by atoms with Gasteiger partial charge in [-0.25, -0.2) is 0 Å². The van der Waals surface area contributed by atoms with E-state index < -0.39 is 0 Å². The average molecular weight is 622 g/mol. The van der Waals surface area contributed by atoms with Crippen molar-refractivity contribution in [3.8, 4) is 28.3 Å². The molecule has 0 bridgehead atoms. The van der Waals surface area contributed by atoms with E-state index in [4.69, 9.17) is 4.74 Å². The van der Waals surface area contributed by atoms with Gasteiger partial charge in [0.1, 0.15) is 17.1 Å². The number of benzene rings is 3. The van der Waals surface area contributed by atoms with Crippen LogP contribution in [0.2, 0.25) is 0 Å². The Labute approximate surface area is 232 Å². The molecular weight excluding hydrogens is 596 g/mol. The van der Waals surface area contributed by atoms with E-state index in [0.717, 1.165) is 63.1 Å². The summed E-state index contributed by atoms with van der Waals surface area (Å²) in [4.78, 5) is 0. The van der Waals surface area contributed by atoms with Gasteiger partial charge in [0.05, 0.1) is 24.0 Å². The number of ether oxygens (including phenoxy) is 1. The smallest absolute Gasteiger partial charge is 0.133 e. The summed E-state index contributed by atoms with van der Waals surface area (Å²) in [7, 11) is 1.67. The predicted octanol–water partition coefficient (Wildman–Crippen LogP) is 6.53. The van der Waals surface area contributed by atoms with Gasteiger partial charge in [-0.2, -0.15) is 0 Å². The molecule has 7 nitrogen and oxygen atoms in total. The molecule has 0 unspecified atom stereocenters. The van der Waals surface area contributed by atoms with Crippen LogP contribution in [0.3, 0.4) is 0 Å². The second-order valence-electron chi connectivity index (χ2n) is 8.87. The highest BCUT2D eigenvalue weighted by Crippen LogP contribution is 2.26. The maximum absolute atomic E-state index is 5.31. The van der Waals surface area contributed by atoms with Crippen LogP contribution in [-0.2, 0) is 25.9 Å². The van der Waals surface area contributed by atoms with E-state index in [1.165, 1.54) is 16.7 Å². The van der Waals surface area contributed by atoms with Crippen LogP contribution in [0.5, 0.6) is 5.75 Å². The van der Waals surface area contributed by atoms with Gasteiger partial charge in [-0.3, -0.25) is 9.36 Å². The third kappa shape index (κ3) is 6.17. The van der Waals surface area contributed by atoms with Gasteiger partial charge in [0.2, 0.25) is 0 Å². The van der Waals surface area contributed by atoms with Gasteiger partial charge in [-0.1, -0.05) is 62.8 Å². The van der Waals surface area contributed by atoms with E-state index in [2.05, 4.69) is 95.8 Å². The minimum Gasteiger partial charge on any atom is -0.496 e. The van der Waals surface area contributed by atoms with Crippen molar-refractivity contribution < 1.29 is 4.74 Å². The molecule has 0 aliphatic heterocycles. The molecule has 0 atom stereocenters. The van der Waals surface area contributed by atoms with Gasteiger partial charge in [-0.05, 0) is 76.7 Å². The van der Waals surface area contributed by atoms with Crippen molar-refractivity contribution in [1.29, 1.82) is 0 Å². The van der Waals surface area contributed by atoms with Gasteiger partial charge >= 0.3 is 0 Å². The fourth-order valence-corrected chi connectivity index (χ4v) is 5.08. The minimum atomic E-state index is 0.733. The number of rotatable bonds is 9. The highest BCUT2D eigenvalue weighted by atomic mass is 79.9. The first-order valence-corrected chi connectivity index (χ1v) is 13.6. The molecule has 0 amide bonds. The minimum absolute atomic E-state index is 0.733. The van der Waals surface area contributed by atoms with Crippen LogP contribution in [0, 0.1) is 6.92 Å². The van der Waals surface area contributed by atoms with E-state index in [1.54, 1.807) is 7.11 Å². The zero-order valence-electron chi connectivity index (χ0n) is 20.6. The number of aromatic nitrogens is 6. The molecule has 2 heterocycles. The Balaban J connectivity index is 1.23. The predicted molar refractivity (Wildman–Crippen MR) is 151 cm³/mol. The van der Waals surface area contributed by atoms with E-state index >= 15 is 0 Å². The second-order valence-corrected chi connectivity index (χ2v) is 10.6. The average Bonchev–Trinajstić information content (AvgIpc) is 3.59. The summed E-state index contributed by atoms with van der Waals surface area (Å²) in [6.07, 6.45) is 5.70. The van der Waals surface area contributed by atoms with E-state index in [1.807, 2.05) is 46.0 Å². The van der Waals surface area contributed by atoms with Crippen molar-refractivity contribution in [3.63, 3.8) is 0 Å². The van der Waals surface area contributed by atoms with E-state index in [-0.39, 0.29) is 0 Å². The Kier molecular flexibility index (Phi) is 7.81. The largest absolute Gasteiger partial charge is 0.496 e. The number of hydrogen-bond donors (Lipinski definition) is 0.